The van der Waals surface area contributed by atoms with Gasteiger partial charge in [-0.05, 0) is 35.7 Å². The minimum Gasteiger partial charge on any atom is -0.366 e. The number of H-pyrrole nitrogens is 1. The van der Waals surface area contributed by atoms with Crippen molar-refractivity contribution in [3.8, 4) is 11.3 Å². The Labute approximate surface area is 209 Å². The van der Waals surface area contributed by atoms with Gasteiger partial charge in [0.05, 0.1) is 18.1 Å². The summed E-state index contributed by atoms with van der Waals surface area (Å²) in [5, 5.41) is 4.33. The molecule has 2 aromatic heterocycles. The second-order valence-corrected chi connectivity index (χ2v) is 8.86. The lowest BCUT2D eigenvalue weighted by atomic mass is 9.96. The van der Waals surface area contributed by atoms with Gasteiger partial charge in [-0.1, -0.05) is 54.6 Å². The standard InChI is InChI=1S/C29H27N5O2/c1-34-17-26(33-18-34)22-11-12-23-24(16-32-25(23)15-22)28(35)27(20-5-3-2-4-6-20)31-14-13-19-7-9-21(10-8-19)29(30)36/h2-12,15-18,27,31-32H,13-14H2,1H3,(H2,30,36)/t27-/m1/s1. The molecule has 0 saturated heterocycles. The maximum Gasteiger partial charge on any atom is 0.248 e. The number of nitrogens with zero attached hydrogens (tertiary/aromatic N) is 2. The summed E-state index contributed by atoms with van der Waals surface area (Å²) in [6.45, 7) is 0.591. The van der Waals surface area contributed by atoms with Crippen molar-refractivity contribution in [3.05, 3.63) is 114 Å². The number of rotatable bonds is 9. The molecule has 0 aliphatic carbocycles. The molecule has 3 aromatic carbocycles. The van der Waals surface area contributed by atoms with Crippen molar-refractivity contribution in [1.82, 2.24) is 19.9 Å². The van der Waals surface area contributed by atoms with E-state index in [0.717, 1.165) is 33.3 Å². The smallest absolute Gasteiger partial charge is 0.248 e. The number of nitrogens with one attached hydrogen (secondary N) is 2. The Morgan fingerprint density at radius 3 is 2.53 bits per heavy atom. The SMILES string of the molecule is Cn1cnc(-c2ccc3c(C(=O)[C@H](NCCc4ccc(C(N)=O)cc4)c4ccccc4)c[nH]c3c2)c1. The topological polar surface area (TPSA) is 106 Å². The highest BCUT2D eigenvalue weighted by Gasteiger charge is 2.24. The van der Waals surface area contributed by atoms with Crippen LogP contribution >= 0.6 is 0 Å². The van der Waals surface area contributed by atoms with Crippen molar-refractivity contribution in [2.75, 3.05) is 6.54 Å². The summed E-state index contributed by atoms with van der Waals surface area (Å²) >= 11 is 0. The number of fused-ring (bicyclic) bond motifs is 1. The summed E-state index contributed by atoms with van der Waals surface area (Å²) < 4.78 is 1.91. The van der Waals surface area contributed by atoms with Gasteiger partial charge in [-0.15, -0.1) is 0 Å². The lowest BCUT2D eigenvalue weighted by molar-refractivity contribution is 0.0943. The van der Waals surface area contributed by atoms with Crippen molar-refractivity contribution in [2.24, 2.45) is 12.8 Å². The zero-order valence-corrected chi connectivity index (χ0v) is 19.9. The maximum absolute atomic E-state index is 13.8. The Balaban J connectivity index is 1.37. The molecular formula is C29H27N5O2. The molecule has 5 rings (SSSR count). The normalized spacial score (nSPS) is 12.0. The number of carbonyl (C=O) groups is 2. The van der Waals surface area contributed by atoms with Gasteiger partial charge in [-0.3, -0.25) is 9.59 Å². The predicted molar refractivity (Wildman–Crippen MR) is 141 cm³/mol. The highest BCUT2D eigenvalue weighted by atomic mass is 16.1. The van der Waals surface area contributed by atoms with Gasteiger partial charge in [0.1, 0.15) is 0 Å². The molecule has 180 valence electrons. The summed E-state index contributed by atoms with van der Waals surface area (Å²) in [7, 11) is 1.94. The van der Waals surface area contributed by atoms with Crippen molar-refractivity contribution >= 4 is 22.6 Å². The number of carbonyl (C=O) groups excluding carboxylic acids is 2. The Kier molecular flexibility index (Phi) is 6.47. The molecule has 0 saturated carbocycles. The van der Waals surface area contributed by atoms with Crippen LogP contribution in [-0.2, 0) is 13.5 Å². The lowest BCUT2D eigenvalue weighted by Crippen LogP contribution is -2.30. The zero-order chi connectivity index (χ0) is 25.1. The molecule has 1 atom stereocenters. The highest BCUT2D eigenvalue weighted by Crippen LogP contribution is 2.28. The van der Waals surface area contributed by atoms with E-state index in [1.807, 2.05) is 78.5 Å². The molecule has 2 heterocycles. The molecule has 0 radical (unpaired) electrons. The minimum absolute atomic E-state index is 0.00196. The van der Waals surface area contributed by atoms with Gasteiger partial charge in [0.15, 0.2) is 5.78 Å². The van der Waals surface area contributed by atoms with Gasteiger partial charge in [0.2, 0.25) is 5.91 Å². The number of aromatic amines is 1. The monoisotopic (exact) mass is 477 g/mol. The van der Waals surface area contributed by atoms with E-state index < -0.39 is 11.9 Å². The van der Waals surface area contributed by atoms with Crippen LogP contribution in [0.4, 0.5) is 0 Å². The van der Waals surface area contributed by atoms with E-state index in [9.17, 15) is 9.59 Å². The van der Waals surface area contributed by atoms with Crippen molar-refractivity contribution < 1.29 is 9.59 Å². The van der Waals surface area contributed by atoms with Gasteiger partial charge in [-0.2, -0.15) is 0 Å². The van der Waals surface area contributed by atoms with E-state index in [0.29, 0.717) is 24.1 Å². The minimum atomic E-state index is -0.495. The number of ketones is 1. The van der Waals surface area contributed by atoms with E-state index in [1.165, 1.54) is 0 Å². The molecule has 7 heteroatoms. The van der Waals surface area contributed by atoms with E-state index in [1.54, 1.807) is 24.7 Å². The van der Waals surface area contributed by atoms with Crippen LogP contribution in [0.15, 0.2) is 91.5 Å². The summed E-state index contributed by atoms with van der Waals surface area (Å²) in [5.74, 6) is -0.442. The lowest BCUT2D eigenvalue weighted by Gasteiger charge is -2.18. The fourth-order valence-corrected chi connectivity index (χ4v) is 4.41. The molecule has 0 bridgehead atoms. The molecule has 0 fully saturated rings. The molecule has 4 N–H and O–H groups in total. The summed E-state index contributed by atoms with van der Waals surface area (Å²) in [6.07, 6.45) is 6.23. The summed E-state index contributed by atoms with van der Waals surface area (Å²) in [6, 6.07) is 22.5. The first-order chi connectivity index (χ1) is 17.5. The van der Waals surface area contributed by atoms with Gasteiger partial charge in [0, 0.05) is 53.6 Å². The van der Waals surface area contributed by atoms with Crippen LogP contribution in [0.25, 0.3) is 22.2 Å². The Hall–Kier alpha value is -4.49. The van der Waals surface area contributed by atoms with Gasteiger partial charge in [0.25, 0.3) is 0 Å². The van der Waals surface area contributed by atoms with Crippen LogP contribution in [-0.4, -0.2) is 32.8 Å². The number of amides is 1. The second-order valence-electron chi connectivity index (χ2n) is 8.86. The molecule has 0 spiro atoms. The summed E-state index contributed by atoms with van der Waals surface area (Å²) in [4.78, 5) is 32.8. The fourth-order valence-electron chi connectivity index (χ4n) is 4.41. The number of aryl methyl sites for hydroxylation is 1. The van der Waals surface area contributed by atoms with Crippen molar-refractivity contribution in [3.63, 3.8) is 0 Å². The largest absolute Gasteiger partial charge is 0.366 e. The number of imidazole rings is 1. The molecule has 36 heavy (non-hydrogen) atoms. The molecular weight excluding hydrogens is 450 g/mol. The number of Topliss-reactive ketones (excluding diaryl/α,β-unsaturated/α-hetero) is 1. The number of hydrogen-bond donors (Lipinski definition) is 3. The zero-order valence-electron chi connectivity index (χ0n) is 19.9. The van der Waals surface area contributed by atoms with E-state index in [4.69, 9.17) is 5.73 Å². The number of aromatic nitrogens is 3. The first-order valence-corrected chi connectivity index (χ1v) is 11.8. The maximum atomic E-state index is 13.8. The van der Waals surface area contributed by atoms with Gasteiger partial charge in [-0.25, -0.2) is 4.98 Å². The second kappa shape index (κ2) is 10.0. The van der Waals surface area contributed by atoms with Crippen LogP contribution in [0.3, 0.4) is 0 Å². The number of nitrogens with two attached hydrogens (primary N) is 1. The predicted octanol–water partition coefficient (Wildman–Crippen LogP) is 4.42. The van der Waals surface area contributed by atoms with E-state index in [-0.39, 0.29) is 5.78 Å². The number of benzene rings is 3. The van der Waals surface area contributed by atoms with Crippen LogP contribution < -0.4 is 11.1 Å². The van der Waals surface area contributed by atoms with Crippen LogP contribution in [0.5, 0.6) is 0 Å². The van der Waals surface area contributed by atoms with Crippen LogP contribution in [0.1, 0.15) is 37.9 Å². The molecule has 7 nitrogen and oxygen atoms in total. The molecule has 5 aromatic rings. The molecule has 0 aliphatic rings. The quantitative estimate of drug-likeness (QED) is 0.273. The average molecular weight is 478 g/mol. The van der Waals surface area contributed by atoms with Crippen LogP contribution in [0, 0.1) is 0 Å². The molecule has 0 aliphatic heterocycles. The molecule has 0 unspecified atom stereocenters. The summed E-state index contributed by atoms with van der Waals surface area (Å²) in [5.41, 5.74) is 11.2. The first-order valence-electron chi connectivity index (χ1n) is 11.8. The van der Waals surface area contributed by atoms with Crippen molar-refractivity contribution in [2.45, 2.75) is 12.5 Å². The highest BCUT2D eigenvalue weighted by molar-refractivity contribution is 6.11. The van der Waals surface area contributed by atoms with Gasteiger partial charge < -0.3 is 20.6 Å². The Bertz CT molecular complexity index is 1520. The van der Waals surface area contributed by atoms with Gasteiger partial charge >= 0.3 is 0 Å². The fraction of sp³-hybridized carbons (Fsp3) is 0.138. The third-order valence-corrected chi connectivity index (χ3v) is 6.34. The molecule has 1 amide bonds. The van der Waals surface area contributed by atoms with E-state index >= 15 is 0 Å². The number of primary amides is 1. The average Bonchev–Trinajstić information content (AvgIpc) is 3.53. The first kappa shape index (κ1) is 23.3. The third kappa shape index (κ3) is 4.82. The Morgan fingerprint density at radius 2 is 1.83 bits per heavy atom. The van der Waals surface area contributed by atoms with Crippen LogP contribution in [0.2, 0.25) is 0 Å². The Morgan fingerprint density at radius 1 is 1.06 bits per heavy atom. The number of hydrogen-bond acceptors (Lipinski definition) is 4. The third-order valence-electron chi connectivity index (χ3n) is 6.34. The van der Waals surface area contributed by atoms with Crippen molar-refractivity contribution in [1.29, 1.82) is 0 Å². The van der Waals surface area contributed by atoms with E-state index in [2.05, 4.69) is 15.3 Å².